The molecule has 2 aliphatic carbocycles. The summed E-state index contributed by atoms with van der Waals surface area (Å²) in [6.07, 6.45) is 14.2. The molecule has 3 atom stereocenters. The van der Waals surface area contributed by atoms with Gasteiger partial charge in [-0.15, -0.1) is 0 Å². The Hall–Kier alpha value is -0.340. The molecule has 0 radical (unpaired) electrons. The van der Waals surface area contributed by atoms with Gasteiger partial charge in [0.15, 0.2) is 0 Å². The summed E-state index contributed by atoms with van der Waals surface area (Å²) in [5.41, 5.74) is 8.52. The van der Waals surface area contributed by atoms with Crippen LogP contribution in [-0.4, -0.2) is 30.6 Å². The third-order valence-electron chi connectivity index (χ3n) is 5.45. The van der Waals surface area contributed by atoms with Crippen LogP contribution >= 0.6 is 0 Å². The first-order valence-corrected chi connectivity index (χ1v) is 8.18. The van der Waals surface area contributed by atoms with Gasteiger partial charge < -0.3 is 10.6 Å². The van der Waals surface area contributed by atoms with E-state index >= 15 is 0 Å². The largest absolute Gasteiger partial charge is 0.323 e. The van der Waals surface area contributed by atoms with Gasteiger partial charge in [-0.2, -0.15) is 0 Å². The van der Waals surface area contributed by atoms with Crippen LogP contribution in [0.5, 0.6) is 0 Å². The average molecular weight is 264 g/mol. The first-order chi connectivity index (χ1) is 9.06. The normalized spacial score (nSPS) is 34.8. The van der Waals surface area contributed by atoms with Crippen LogP contribution < -0.4 is 5.73 Å². The van der Waals surface area contributed by atoms with E-state index in [9.17, 15) is 0 Å². The van der Waals surface area contributed by atoms with Gasteiger partial charge in [0.05, 0.1) is 0 Å². The third-order valence-corrected chi connectivity index (χ3v) is 5.45. The van der Waals surface area contributed by atoms with E-state index in [1.54, 1.807) is 5.57 Å². The fraction of sp³-hybridized carbons (Fsp3) is 0.882. The van der Waals surface area contributed by atoms with Crippen LogP contribution in [0.3, 0.4) is 0 Å². The van der Waals surface area contributed by atoms with E-state index in [1.165, 1.54) is 57.8 Å². The minimum Gasteiger partial charge on any atom is -0.323 e. The molecule has 0 aliphatic heterocycles. The Balaban J connectivity index is 2.20. The highest BCUT2D eigenvalue weighted by Gasteiger charge is 2.43. The maximum atomic E-state index is 6.78. The van der Waals surface area contributed by atoms with Gasteiger partial charge in [0, 0.05) is 11.6 Å². The SMILES string of the molecule is CC1CCCC(C(N)C2=CCCCCC2)(N(C)C)C1. The predicted molar refractivity (Wildman–Crippen MR) is 83.2 cm³/mol. The quantitative estimate of drug-likeness (QED) is 0.787. The second kappa shape index (κ2) is 6.41. The molecule has 110 valence electrons. The lowest BCUT2D eigenvalue weighted by Gasteiger charge is -2.49. The van der Waals surface area contributed by atoms with E-state index < -0.39 is 0 Å². The van der Waals surface area contributed by atoms with Crippen LogP contribution in [0.4, 0.5) is 0 Å². The van der Waals surface area contributed by atoms with Gasteiger partial charge in [0.2, 0.25) is 0 Å². The summed E-state index contributed by atoms with van der Waals surface area (Å²) in [6.45, 7) is 2.39. The summed E-state index contributed by atoms with van der Waals surface area (Å²) in [5, 5.41) is 0. The van der Waals surface area contributed by atoms with Crippen molar-refractivity contribution in [3.8, 4) is 0 Å². The lowest BCUT2D eigenvalue weighted by Crippen LogP contribution is -2.60. The molecule has 0 saturated heterocycles. The smallest absolute Gasteiger partial charge is 0.0441 e. The van der Waals surface area contributed by atoms with Gasteiger partial charge in [0.1, 0.15) is 0 Å². The Kier molecular flexibility index (Phi) is 5.08. The zero-order valence-corrected chi connectivity index (χ0v) is 13.1. The molecule has 0 aromatic heterocycles. The van der Waals surface area contributed by atoms with Crippen LogP contribution in [0, 0.1) is 5.92 Å². The van der Waals surface area contributed by atoms with Crippen molar-refractivity contribution in [2.75, 3.05) is 14.1 Å². The van der Waals surface area contributed by atoms with E-state index in [0.29, 0.717) is 0 Å². The summed E-state index contributed by atoms with van der Waals surface area (Å²) < 4.78 is 0. The Morgan fingerprint density at radius 1 is 1.26 bits per heavy atom. The molecular weight excluding hydrogens is 232 g/mol. The summed E-state index contributed by atoms with van der Waals surface area (Å²) in [7, 11) is 4.46. The van der Waals surface area contributed by atoms with Crippen molar-refractivity contribution in [3.05, 3.63) is 11.6 Å². The van der Waals surface area contributed by atoms with Crippen molar-refractivity contribution in [2.24, 2.45) is 11.7 Å². The Morgan fingerprint density at radius 3 is 2.74 bits per heavy atom. The van der Waals surface area contributed by atoms with E-state index in [4.69, 9.17) is 5.73 Å². The average Bonchev–Trinajstić information content (AvgIpc) is 2.66. The maximum Gasteiger partial charge on any atom is 0.0441 e. The van der Waals surface area contributed by atoms with Crippen molar-refractivity contribution >= 4 is 0 Å². The zero-order chi connectivity index (χ0) is 13.9. The van der Waals surface area contributed by atoms with Gasteiger partial charge in [-0.1, -0.05) is 37.8 Å². The first kappa shape index (κ1) is 15.1. The fourth-order valence-corrected chi connectivity index (χ4v) is 4.20. The maximum absolute atomic E-state index is 6.78. The highest BCUT2D eigenvalue weighted by molar-refractivity contribution is 5.20. The second-order valence-corrected chi connectivity index (χ2v) is 7.06. The lowest BCUT2D eigenvalue weighted by molar-refractivity contribution is 0.0597. The number of likely N-dealkylation sites (N-methyl/N-ethyl adjacent to an activating group) is 1. The van der Waals surface area contributed by atoms with Gasteiger partial charge in [-0.05, 0) is 58.5 Å². The number of allylic oxidation sites excluding steroid dienone is 1. The minimum absolute atomic E-state index is 0.202. The van der Waals surface area contributed by atoms with Crippen LogP contribution in [0.15, 0.2) is 11.6 Å². The van der Waals surface area contributed by atoms with Gasteiger partial charge in [-0.25, -0.2) is 0 Å². The molecule has 0 aromatic carbocycles. The second-order valence-electron chi connectivity index (χ2n) is 7.06. The topological polar surface area (TPSA) is 29.3 Å². The zero-order valence-electron chi connectivity index (χ0n) is 13.1. The molecular formula is C17H32N2. The van der Waals surface area contributed by atoms with Gasteiger partial charge in [0.25, 0.3) is 0 Å². The Labute approximate surface area is 119 Å². The summed E-state index contributed by atoms with van der Waals surface area (Å²) in [6, 6.07) is 0.239. The van der Waals surface area contributed by atoms with E-state index in [1.807, 2.05) is 0 Å². The molecule has 0 spiro atoms. The molecule has 0 amide bonds. The molecule has 1 fully saturated rings. The van der Waals surface area contributed by atoms with Crippen LogP contribution in [-0.2, 0) is 0 Å². The molecule has 2 rings (SSSR count). The molecule has 2 N–H and O–H groups in total. The van der Waals surface area contributed by atoms with Crippen molar-refractivity contribution in [1.29, 1.82) is 0 Å². The first-order valence-electron chi connectivity index (χ1n) is 8.18. The van der Waals surface area contributed by atoms with Crippen LogP contribution in [0.1, 0.15) is 64.7 Å². The Morgan fingerprint density at radius 2 is 2.05 bits per heavy atom. The molecule has 2 heteroatoms. The Bertz CT molecular complexity index is 321. The molecule has 0 bridgehead atoms. The van der Waals surface area contributed by atoms with Crippen LogP contribution in [0.25, 0.3) is 0 Å². The summed E-state index contributed by atoms with van der Waals surface area (Å²) in [5.74, 6) is 0.813. The third kappa shape index (κ3) is 3.22. The molecule has 0 heterocycles. The number of rotatable bonds is 3. The number of nitrogens with two attached hydrogens (primary N) is 1. The van der Waals surface area contributed by atoms with E-state index in [-0.39, 0.29) is 11.6 Å². The number of hydrogen-bond acceptors (Lipinski definition) is 2. The van der Waals surface area contributed by atoms with E-state index in [0.717, 1.165) is 5.92 Å². The molecule has 2 aliphatic rings. The number of hydrogen-bond donors (Lipinski definition) is 1. The van der Waals surface area contributed by atoms with Gasteiger partial charge >= 0.3 is 0 Å². The molecule has 19 heavy (non-hydrogen) atoms. The van der Waals surface area contributed by atoms with E-state index in [2.05, 4.69) is 32.0 Å². The van der Waals surface area contributed by atoms with Crippen molar-refractivity contribution in [1.82, 2.24) is 4.90 Å². The van der Waals surface area contributed by atoms with Crippen LogP contribution in [0.2, 0.25) is 0 Å². The van der Waals surface area contributed by atoms with Crippen molar-refractivity contribution in [3.63, 3.8) is 0 Å². The predicted octanol–water partition coefficient (Wildman–Crippen LogP) is 3.71. The van der Waals surface area contributed by atoms with Crippen molar-refractivity contribution < 1.29 is 0 Å². The number of nitrogens with zero attached hydrogens (tertiary/aromatic N) is 1. The molecule has 3 unspecified atom stereocenters. The molecule has 0 aromatic rings. The minimum atomic E-state index is 0.202. The standard InChI is InChI=1S/C17H32N2/c1-14-9-8-12-17(13-14,19(2)3)16(18)15-10-6-4-5-7-11-15/h10,14,16H,4-9,11-13,18H2,1-3H3. The van der Waals surface area contributed by atoms with Crippen molar-refractivity contribution in [2.45, 2.75) is 76.3 Å². The fourth-order valence-electron chi connectivity index (χ4n) is 4.20. The summed E-state index contributed by atoms with van der Waals surface area (Å²) in [4.78, 5) is 2.43. The summed E-state index contributed by atoms with van der Waals surface area (Å²) >= 11 is 0. The monoisotopic (exact) mass is 264 g/mol. The van der Waals surface area contributed by atoms with Gasteiger partial charge in [-0.3, -0.25) is 0 Å². The molecule has 1 saturated carbocycles. The molecule has 2 nitrogen and oxygen atoms in total. The highest BCUT2D eigenvalue weighted by Crippen LogP contribution is 2.40. The lowest BCUT2D eigenvalue weighted by atomic mass is 9.69. The highest BCUT2D eigenvalue weighted by atomic mass is 15.2.